The Labute approximate surface area is 202 Å². The molecule has 5 nitrogen and oxygen atoms in total. The van der Waals surface area contributed by atoms with Gasteiger partial charge in [-0.2, -0.15) is 5.10 Å². The quantitative estimate of drug-likeness (QED) is 0.321. The number of carbonyl (C=O) groups is 1. The van der Waals surface area contributed by atoms with Crippen molar-refractivity contribution in [2.24, 2.45) is 0 Å². The lowest BCUT2D eigenvalue weighted by atomic mass is 10.1. The topological polar surface area (TPSA) is 56.1 Å². The fraction of sp³-hybridized carbons (Fsp3) is 0.154. The number of rotatable bonds is 7. The van der Waals surface area contributed by atoms with Gasteiger partial charge < -0.3 is 10.1 Å². The third-order valence-electron chi connectivity index (χ3n) is 5.16. The Kier molecular flexibility index (Phi) is 7.02. The van der Waals surface area contributed by atoms with Crippen molar-refractivity contribution in [2.75, 3.05) is 5.32 Å². The molecule has 0 bridgehead atoms. The number of hydrogen-bond acceptors (Lipinski definition) is 3. The number of hydrogen-bond donors (Lipinski definition) is 1. The summed E-state index contributed by atoms with van der Waals surface area (Å²) in [7, 11) is 0. The fourth-order valence-electron chi connectivity index (χ4n) is 3.47. The summed E-state index contributed by atoms with van der Waals surface area (Å²) < 4.78 is 7.73. The molecule has 0 saturated heterocycles. The summed E-state index contributed by atoms with van der Waals surface area (Å²) in [6.45, 7) is 4.80. The van der Waals surface area contributed by atoms with E-state index in [2.05, 4.69) is 10.4 Å². The molecule has 1 amide bonds. The first-order chi connectivity index (χ1) is 15.9. The molecule has 0 spiro atoms. The lowest BCUT2D eigenvalue weighted by molar-refractivity contribution is 0.102. The van der Waals surface area contributed by atoms with Gasteiger partial charge in [-0.15, -0.1) is 0 Å². The van der Waals surface area contributed by atoms with Crippen LogP contribution in [-0.4, -0.2) is 15.7 Å². The van der Waals surface area contributed by atoms with Crippen LogP contribution < -0.4 is 10.1 Å². The lowest BCUT2D eigenvalue weighted by Gasteiger charge is -2.10. The second-order valence-corrected chi connectivity index (χ2v) is 8.68. The number of amides is 1. The smallest absolute Gasteiger partial charge is 0.256 e. The zero-order valence-electron chi connectivity index (χ0n) is 18.3. The number of benzene rings is 3. The number of ether oxygens (including phenoxy) is 1. The average Bonchev–Trinajstić information content (AvgIpc) is 3.11. The SMILES string of the molecule is Cc1cc(Cl)ccc1OCc1cccc(C(=O)Nc2cc(C)n(Cc3cccc(Cl)c3)n2)c1. The Bertz CT molecular complexity index is 1300. The van der Waals surface area contributed by atoms with Gasteiger partial charge in [0.25, 0.3) is 5.91 Å². The van der Waals surface area contributed by atoms with Gasteiger partial charge in [0.2, 0.25) is 0 Å². The Hall–Kier alpha value is -3.28. The van der Waals surface area contributed by atoms with Crippen molar-refractivity contribution in [1.82, 2.24) is 9.78 Å². The van der Waals surface area contributed by atoms with Gasteiger partial charge in [-0.05, 0) is 73.0 Å². The lowest BCUT2D eigenvalue weighted by Crippen LogP contribution is -2.13. The maximum absolute atomic E-state index is 12.8. The minimum Gasteiger partial charge on any atom is -0.489 e. The third kappa shape index (κ3) is 5.95. The Balaban J connectivity index is 1.41. The monoisotopic (exact) mass is 479 g/mol. The predicted molar refractivity (Wildman–Crippen MR) is 132 cm³/mol. The summed E-state index contributed by atoms with van der Waals surface area (Å²) in [6.07, 6.45) is 0. The standard InChI is InChI=1S/C26H23Cl2N3O2/c1-17-11-23(28)9-10-24(17)33-16-20-6-3-7-21(13-20)26(32)29-25-12-18(2)31(30-25)15-19-5-4-8-22(27)14-19/h3-14H,15-16H2,1-2H3,(H,29,30,32). The minimum absolute atomic E-state index is 0.230. The van der Waals surface area contributed by atoms with Gasteiger partial charge >= 0.3 is 0 Å². The number of anilines is 1. The van der Waals surface area contributed by atoms with Crippen molar-refractivity contribution in [3.05, 3.63) is 111 Å². The molecule has 3 aromatic carbocycles. The van der Waals surface area contributed by atoms with Gasteiger partial charge in [-0.3, -0.25) is 9.48 Å². The summed E-state index contributed by atoms with van der Waals surface area (Å²) in [4.78, 5) is 12.8. The molecule has 4 rings (SSSR count). The van der Waals surface area contributed by atoms with Gasteiger partial charge in [0.05, 0.1) is 6.54 Å². The van der Waals surface area contributed by atoms with Crippen LogP contribution in [-0.2, 0) is 13.2 Å². The van der Waals surface area contributed by atoms with E-state index in [1.807, 2.05) is 79.2 Å². The summed E-state index contributed by atoms with van der Waals surface area (Å²) in [5.74, 6) is 1.03. The van der Waals surface area contributed by atoms with Crippen LogP contribution in [0.25, 0.3) is 0 Å². The first kappa shape index (κ1) is 22.9. The van der Waals surface area contributed by atoms with E-state index in [0.717, 1.165) is 28.1 Å². The van der Waals surface area contributed by atoms with Gasteiger partial charge in [0.1, 0.15) is 12.4 Å². The maximum Gasteiger partial charge on any atom is 0.256 e. The molecule has 1 heterocycles. The molecule has 33 heavy (non-hydrogen) atoms. The Morgan fingerprint density at radius 2 is 1.70 bits per heavy atom. The van der Waals surface area contributed by atoms with Gasteiger partial charge in [0, 0.05) is 27.4 Å². The van der Waals surface area contributed by atoms with E-state index >= 15 is 0 Å². The van der Waals surface area contributed by atoms with Crippen molar-refractivity contribution in [3.8, 4) is 5.75 Å². The number of aromatic nitrogens is 2. The van der Waals surface area contributed by atoms with Crippen LogP contribution >= 0.6 is 23.2 Å². The normalized spacial score (nSPS) is 10.8. The van der Waals surface area contributed by atoms with Crippen LogP contribution in [0.3, 0.4) is 0 Å². The molecule has 0 radical (unpaired) electrons. The molecule has 0 atom stereocenters. The molecule has 0 saturated carbocycles. The van der Waals surface area contributed by atoms with Crippen LogP contribution in [0.2, 0.25) is 10.0 Å². The van der Waals surface area contributed by atoms with Crippen molar-refractivity contribution >= 4 is 34.9 Å². The van der Waals surface area contributed by atoms with E-state index in [9.17, 15) is 4.79 Å². The highest BCUT2D eigenvalue weighted by molar-refractivity contribution is 6.30. The second kappa shape index (κ2) is 10.1. The Morgan fingerprint density at radius 3 is 2.48 bits per heavy atom. The zero-order valence-corrected chi connectivity index (χ0v) is 19.8. The summed E-state index contributed by atoms with van der Waals surface area (Å²) >= 11 is 12.1. The highest BCUT2D eigenvalue weighted by Gasteiger charge is 2.12. The Morgan fingerprint density at radius 1 is 0.939 bits per heavy atom. The number of carbonyl (C=O) groups excluding carboxylic acids is 1. The molecule has 7 heteroatoms. The van der Waals surface area contributed by atoms with E-state index in [0.29, 0.717) is 34.6 Å². The highest BCUT2D eigenvalue weighted by Crippen LogP contribution is 2.23. The van der Waals surface area contributed by atoms with Crippen molar-refractivity contribution < 1.29 is 9.53 Å². The second-order valence-electron chi connectivity index (χ2n) is 7.81. The van der Waals surface area contributed by atoms with E-state index in [1.54, 1.807) is 12.1 Å². The van der Waals surface area contributed by atoms with Gasteiger partial charge in [0.15, 0.2) is 5.82 Å². The summed E-state index contributed by atoms with van der Waals surface area (Å²) in [5, 5.41) is 8.75. The highest BCUT2D eigenvalue weighted by atomic mass is 35.5. The maximum atomic E-state index is 12.8. The predicted octanol–water partition coefficient (Wildman–Crippen LogP) is 6.69. The van der Waals surface area contributed by atoms with Crippen molar-refractivity contribution in [3.63, 3.8) is 0 Å². The average molecular weight is 480 g/mol. The summed E-state index contributed by atoms with van der Waals surface area (Å²) in [5.41, 5.74) is 4.35. The molecule has 0 aliphatic carbocycles. The van der Waals surface area contributed by atoms with Crippen LogP contribution in [0.15, 0.2) is 72.8 Å². The molecule has 4 aromatic rings. The number of aryl methyl sites for hydroxylation is 2. The van der Waals surface area contributed by atoms with Crippen LogP contribution in [0.4, 0.5) is 5.82 Å². The van der Waals surface area contributed by atoms with Crippen LogP contribution in [0.5, 0.6) is 5.75 Å². The van der Waals surface area contributed by atoms with E-state index < -0.39 is 0 Å². The van der Waals surface area contributed by atoms with Gasteiger partial charge in [-0.1, -0.05) is 47.5 Å². The molecule has 0 aliphatic rings. The zero-order chi connectivity index (χ0) is 23.4. The van der Waals surface area contributed by atoms with E-state index in [1.165, 1.54) is 0 Å². The van der Waals surface area contributed by atoms with E-state index in [4.69, 9.17) is 27.9 Å². The summed E-state index contributed by atoms with van der Waals surface area (Å²) in [6, 6.07) is 22.3. The molecule has 0 aliphatic heterocycles. The molecule has 168 valence electrons. The molecular weight excluding hydrogens is 457 g/mol. The molecule has 0 fully saturated rings. The number of nitrogens with one attached hydrogen (secondary N) is 1. The van der Waals surface area contributed by atoms with Crippen molar-refractivity contribution in [2.45, 2.75) is 27.0 Å². The molecule has 1 N–H and O–H groups in total. The number of halogens is 2. The first-order valence-electron chi connectivity index (χ1n) is 10.5. The van der Waals surface area contributed by atoms with E-state index in [-0.39, 0.29) is 5.91 Å². The first-order valence-corrected chi connectivity index (χ1v) is 11.2. The largest absolute Gasteiger partial charge is 0.489 e. The number of nitrogens with zero attached hydrogens (tertiary/aromatic N) is 2. The van der Waals surface area contributed by atoms with Gasteiger partial charge in [-0.25, -0.2) is 0 Å². The molecule has 1 aromatic heterocycles. The molecular formula is C26H23Cl2N3O2. The van der Waals surface area contributed by atoms with Crippen LogP contribution in [0, 0.1) is 13.8 Å². The minimum atomic E-state index is -0.230. The molecule has 0 unspecified atom stereocenters. The fourth-order valence-corrected chi connectivity index (χ4v) is 3.91. The third-order valence-corrected chi connectivity index (χ3v) is 5.63. The van der Waals surface area contributed by atoms with Crippen molar-refractivity contribution in [1.29, 1.82) is 0 Å². The van der Waals surface area contributed by atoms with Crippen LogP contribution in [0.1, 0.15) is 32.7 Å².